The molecule has 9 heteroatoms. The fourth-order valence-electron chi connectivity index (χ4n) is 8.44. The van der Waals surface area contributed by atoms with Crippen LogP contribution >= 0.6 is 0 Å². The summed E-state index contributed by atoms with van der Waals surface area (Å²) in [5.41, 5.74) is 1.13. The maximum atomic E-state index is 16.8. The van der Waals surface area contributed by atoms with Gasteiger partial charge in [-0.1, -0.05) is 18.1 Å². The number of rotatable bonds is 6. The lowest BCUT2D eigenvalue weighted by Gasteiger charge is -2.34. The van der Waals surface area contributed by atoms with Crippen molar-refractivity contribution in [2.75, 3.05) is 44.8 Å². The number of halogens is 1. The Morgan fingerprint density at radius 2 is 2.00 bits per heavy atom. The molecule has 0 amide bonds. The van der Waals surface area contributed by atoms with Gasteiger partial charge in [-0.2, -0.15) is 9.97 Å². The lowest BCUT2D eigenvalue weighted by atomic mass is 9.94. The molecule has 2 aromatic carbocycles. The van der Waals surface area contributed by atoms with Crippen LogP contribution in [0.4, 0.5) is 10.2 Å². The molecule has 3 saturated heterocycles. The number of pyridine rings is 1. The number of terminal acetylenes is 1. The fourth-order valence-corrected chi connectivity index (χ4v) is 8.44. The Morgan fingerprint density at radius 1 is 1.16 bits per heavy atom. The second-order valence-electron chi connectivity index (χ2n) is 13.1. The highest BCUT2D eigenvalue weighted by atomic mass is 19.1. The zero-order chi connectivity index (χ0) is 30.0. The zero-order valence-electron chi connectivity index (χ0n) is 24.9. The lowest BCUT2D eigenvalue weighted by Crippen LogP contribution is -2.43. The van der Waals surface area contributed by atoms with Gasteiger partial charge in [0.2, 0.25) is 0 Å². The van der Waals surface area contributed by atoms with Crippen molar-refractivity contribution in [3.63, 3.8) is 0 Å². The molecule has 226 valence electrons. The molecule has 4 fully saturated rings. The smallest absolute Gasteiger partial charge is 0.319 e. The maximum Gasteiger partial charge on any atom is 0.319 e. The highest BCUT2D eigenvalue weighted by Crippen LogP contribution is 2.43. The first-order valence-electron chi connectivity index (χ1n) is 15.7. The Balaban J connectivity index is 1.25. The standard InChI is InChI=1S/C35H36FN5O3/c1-3-23-6-4-7-24-13-25(42)14-27(29(23)24)31-30(36)32-28(16-37-31)33(40-17-21-8-9-22(12-21)18-40)39-34(38-32)44-20-35-10-5-11-41(35)19-26(15-35)43-2/h1,4,6-7,13-14,16,21-22,26,42H,5,8-12,15,17-20H2,2H3/t21?,22?,26-,35+/m1/s1. The lowest BCUT2D eigenvalue weighted by molar-refractivity contribution is 0.0997. The van der Waals surface area contributed by atoms with Gasteiger partial charge in [-0.3, -0.25) is 9.88 Å². The molecule has 4 atom stereocenters. The maximum absolute atomic E-state index is 16.8. The van der Waals surface area contributed by atoms with Crippen LogP contribution in [0.2, 0.25) is 0 Å². The highest BCUT2D eigenvalue weighted by molar-refractivity contribution is 6.02. The molecular formula is C35H36FN5O3. The number of aromatic hydroxyl groups is 1. The van der Waals surface area contributed by atoms with E-state index in [1.54, 1.807) is 19.4 Å². The number of phenols is 1. The second kappa shape index (κ2) is 10.6. The molecule has 2 bridgehead atoms. The van der Waals surface area contributed by atoms with Crippen LogP contribution in [-0.2, 0) is 4.74 Å². The average molecular weight is 594 g/mol. The number of hydrogen-bond acceptors (Lipinski definition) is 8. The Bertz CT molecular complexity index is 1810. The molecule has 1 saturated carbocycles. The second-order valence-corrected chi connectivity index (χ2v) is 13.1. The van der Waals surface area contributed by atoms with Crippen molar-refractivity contribution in [1.82, 2.24) is 19.9 Å². The number of fused-ring (bicyclic) bond motifs is 5. The minimum absolute atomic E-state index is 0.00506. The van der Waals surface area contributed by atoms with Crippen molar-refractivity contribution in [2.45, 2.75) is 50.2 Å². The van der Waals surface area contributed by atoms with Crippen molar-refractivity contribution in [1.29, 1.82) is 0 Å². The predicted molar refractivity (Wildman–Crippen MR) is 167 cm³/mol. The minimum atomic E-state index is -0.587. The monoisotopic (exact) mass is 593 g/mol. The molecule has 8 rings (SSSR count). The van der Waals surface area contributed by atoms with Crippen LogP contribution in [0.5, 0.6) is 11.8 Å². The summed E-state index contributed by atoms with van der Waals surface area (Å²) in [5.74, 6) is 4.01. The van der Waals surface area contributed by atoms with Gasteiger partial charge in [0, 0.05) is 49.5 Å². The van der Waals surface area contributed by atoms with Crippen molar-refractivity contribution in [3.8, 4) is 35.4 Å². The van der Waals surface area contributed by atoms with Crippen LogP contribution in [-0.4, -0.2) is 76.5 Å². The van der Waals surface area contributed by atoms with Gasteiger partial charge in [0.05, 0.1) is 17.0 Å². The van der Waals surface area contributed by atoms with Crippen molar-refractivity contribution in [3.05, 3.63) is 47.9 Å². The van der Waals surface area contributed by atoms with E-state index in [-0.39, 0.29) is 34.6 Å². The Labute approximate surface area is 256 Å². The van der Waals surface area contributed by atoms with Crippen LogP contribution < -0.4 is 9.64 Å². The first-order valence-corrected chi connectivity index (χ1v) is 15.7. The zero-order valence-corrected chi connectivity index (χ0v) is 24.9. The molecule has 2 unspecified atom stereocenters. The number of hydrogen-bond donors (Lipinski definition) is 1. The first-order chi connectivity index (χ1) is 21.4. The number of phenolic OH excluding ortho intramolecular Hbond substituents is 1. The van der Waals surface area contributed by atoms with Gasteiger partial charge in [0.15, 0.2) is 5.82 Å². The van der Waals surface area contributed by atoms with Gasteiger partial charge in [-0.05, 0) is 80.5 Å². The quantitative estimate of drug-likeness (QED) is 0.292. The molecule has 4 aromatic rings. The SMILES string of the molecule is C#Cc1cccc2cc(O)cc(-c3ncc4c(N5CC6CCC(C6)C5)nc(OC[C@@]56CCCN5C[C@H](OC)C6)nc4c3F)c12. The van der Waals surface area contributed by atoms with Crippen LogP contribution in [0, 0.1) is 30.0 Å². The molecule has 4 aliphatic rings. The molecule has 1 aliphatic carbocycles. The molecule has 5 heterocycles. The third-order valence-electron chi connectivity index (χ3n) is 10.5. The molecule has 0 spiro atoms. The number of nitrogens with zero attached hydrogens (tertiary/aromatic N) is 5. The van der Waals surface area contributed by atoms with E-state index < -0.39 is 5.82 Å². The van der Waals surface area contributed by atoms with Gasteiger partial charge < -0.3 is 19.5 Å². The third kappa shape index (κ3) is 4.46. The molecular weight excluding hydrogens is 557 g/mol. The van der Waals surface area contributed by atoms with Crippen LogP contribution in [0.1, 0.15) is 44.1 Å². The predicted octanol–water partition coefficient (Wildman–Crippen LogP) is 5.54. The van der Waals surface area contributed by atoms with E-state index in [0.717, 1.165) is 45.4 Å². The highest BCUT2D eigenvalue weighted by Gasteiger charge is 2.49. The Morgan fingerprint density at radius 3 is 2.80 bits per heavy atom. The third-order valence-corrected chi connectivity index (χ3v) is 10.5. The van der Waals surface area contributed by atoms with Crippen molar-refractivity contribution in [2.24, 2.45) is 11.8 Å². The van der Waals surface area contributed by atoms with Gasteiger partial charge in [0.25, 0.3) is 0 Å². The van der Waals surface area contributed by atoms with Crippen LogP contribution in [0.3, 0.4) is 0 Å². The van der Waals surface area contributed by atoms with Crippen molar-refractivity contribution < 1.29 is 19.0 Å². The fraction of sp³-hybridized carbons (Fsp3) is 0.457. The Kier molecular flexibility index (Phi) is 6.61. The normalized spacial score (nSPS) is 26.4. The topological polar surface area (TPSA) is 83.8 Å². The molecule has 8 nitrogen and oxygen atoms in total. The van der Waals surface area contributed by atoms with E-state index in [1.165, 1.54) is 25.3 Å². The summed E-state index contributed by atoms with van der Waals surface area (Å²) < 4.78 is 28.9. The number of anilines is 1. The van der Waals surface area contributed by atoms with E-state index in [9.17, 15) is 5.11 Å². The molecule has 0 radical (unpaired) electrons. The van der Waals surface area contributed by atoms with E-state index in [2.05, 4.69) is 20.7 Å². The van der Waals surface area contributed by atoms with Gasteiger partial charge in [-0.25, -0.2) is 4.39 Å². The largest absolute Gasteiger partial charge is 0.508 e. The number of methoxy groups -OCH3 is 1. The number of piperidine rings is 1. The molecule has 44 heavy (non-hydrogen) atoms. The van der Waals surface area contributed by atoms with Crippen molar-refractivity contribution >= 4 is 27.5 Å². The summed E-state index contributed by atoms with van der Waals surface area (Å²) in [6.07, 6.45) is 14.4. The van der Waals surface area contributed by atoms with E-state index in [4.69, 9.17) is 25.9 Å². The van der Waals surface area contributed by atoms with Gasteiger partial charge in [0.1, 0.15) is 29.4 Å². The average Bonchev–Trinajstić information content (AvgIpc) is 3.70. The number of aromatic nitrogens is 3. The van der Waals surface area contributed by atoms with E-state index in [0.29, 0.717) is 51.5 Å². The summed E-state index contributed by atoms with van der Waals surface area (Å²) in [7, 11) is 1.77. The summed E-state index contributed by atoms with van der Waals surface area (Å²) in [6, 6.07) is 8.79. The molecule has 2 aromatic heterocycles. The first kappa shape index (κ1) is 27.5. The Hall–Kier alpha value is -4.00. The number of ether oxygens (including phenoxy) is 2. The number of benzene rings is 2. The summed E-state index contributed by atoms with van der Waals surface area (Å²) in [5, 5.41) is 12.5. The minimum Gasteiger partial charge on any atom is -0.508 e. The summed E-state index contributed by atoms with van der Waals surface area (Å²) in [4.78, 5) is 19.0. The van der Waals surface area contributed by atoms with Gasteiger partial charge >= 0.3 is 6.01 Å². The van der Waals surface area contributed by atoms with Crippen LogP contribution in [0.25, 0.3) is 32.9 Å². The van der Waals surface area contributed by atoms with E-state index in [1.807, 2.05) is 18.2 Å². The van der Waals surface area contributed by atoms with Gasteiger partial charge in [-0.15, -0.1) is 6.42 Å². The van der Waals surface area contributed by atoms with E-state index >= 15 is 4.39 Å². The van der Waals surface area contributed by atoms with Crippen LogP contribution in [0.15, 0.2) is 36.5 Å². The molecule has 3 aliphatic heterocycles. The summed E-state index contributed by atoms with van der Waals surface area (Å²) in [6.45, 7) is 4.08. The molecule has 1 N–H and O–H groups in total. The summed E-state index contributed by atoms with van der Waals surface area (Å²) >= 11 is 0.